The topological polar surface area (TPSA) is 73.8 Å². The number of alkyl halides is 3. The van der Waals surface area contributed by atoms with Gasteiger partial charge in [-0.15, -0.1) is 24.0 Å². The lowest BCUT2D eigenvalue weighted by atomic mass is 9.98. The van der Waals surface area contributed by atoms with E-state index >= 15 is 0 Å². The molecule has 2 N–H and O–H groups in total. The van der Waals surface area contributed by atoms with Crippen LogP contribution in [-0.4, -0.2) is 56.9 Å². The molecule has 1 fully saturated rings. The second-order valence-corrected chi connectivity index (χ2v) is 7.96. The normalized spacial score (nSPS) is 21.2. The minimum Gasteiger partial charge on any atom is -0.356 e. The van der Waals surface area contributed by atoms with E-state index in [0.29, 0.717) is 35.7 Å². The van der Waals surface area contributed by atoms with E-state index in [0.717, 1.165) is 12.8 Å². The summed E-state index contributed by atoms with van der Waals surface area (Å²) in [6.45, 7) is 0.346. The molecule has 0 unspecified atom stereocenters. The van der Waals surface area contributed by atoms with Gasteiger partial charge < -0.3 is 10.6 Å². The van der Waals surface area contributed by atoms with Crippen molar-refractivity contribution in [1.82, 2.24) is 14.9 Å². The summed E-state index contributed by atoms with van der Waals surface area (Å²) in [6.07, 6.45) is 6.86. The molecule has 0 saturated carbocycles. The molecule has 0 amide bonds. The summed E-state index contributed by atoms with van der Waals surface area (Å²) >= 11 is 0. The van der Waals surface area contributed by atoms with Gasteiger partial charge in [0.25, 0.3) is 0 Å². The van der Waals surface area contributed by atoms with Crippen LogP contribution in [0.15, 0.2) is 17.1 Å². The number of halogens is 4. The van der Waals surface area contributed by atoms with E-state index in [2.05, 4.69) is 27.8 Å². The molecular weight excluding hydrogens is 472 g/mol. The van der Waals surface area contributed by atoms with E-state index in [1.807, 2.05) is 0 Å². The summed E-state index contributed by atoms with van der Waals surface area (Å²) in [5, 5.41) is 6.45. The summed E-state index contributed by atoms with van der Waals surface area (Å²) in [6, 6.07) is 0.315. The Morgan fingerprint density at radius 2 is 1.80 bits per heavy atom. The van der Waals surface area contributed by atoms with Crippen molar-refractivity contribution in [2.75, 3.05) is 26.7 Å². The third kappa shape index (κ3) is 5.98. The maximum Gasteiger partial charge on any atom is 0.511 e. The average Bonchev–Trinajstić information content (AvgIpc) is 3.03. The van der Waals surface area contributed by atoms with E-state index in [1.165, 1.54) is 0 Å². The minimum absolute atomic E-state index is 0. The first-order valence-electron chi connectivity index (χ1n) is 7.92. The lowest BCUT2D eigenvalue weighted by Crippen LogP contribution is -2.48. The van der Waals surface area contributed by atoms with E-state index in [-0.39, 0.29) is 43.0 Å². The van der Waals surface area contributed by atoms with Gasteiger partial charge in [0.2, 0.25) is 0 Å². The minimum atomic E-state index is -5.22. The Kier molecular flexibility index (Phi) is 8.45. The molecule has 0 spiro atoms. The van der Waals surface area contributed by atoms with Crippen molar-refractivity contribution < 1.29 is 21.6 Å². The molecule has 0 atom stereocenters. The quantitative estimate of drug-likeness (QED) is 0.271. The van der Waals surface area contributed by atoms with E-state index in [4.69, 9.17) is 0 Å². The maximum absolute atomic E-state index is 12.5. The molecule has 2 rings (SSSR count). The molecule has 0 aromatic rings. The van der Waals surface area contributed by atoms with Crippen molar-refractivity contribution >= 4 is 40.0 Å². The van der Waals surface area contributed by atoms with Crippen LogP contribution < -0.4 is 10.6 Å². The molecule has 0 aromatic carbocycles. The third-order valence-corrected chi connectivity index (χ3v) is 5.97. The fraction of sp³-hybridized carbons (Fsp3) is 0.786. The van der Waals surface area contributed by atoms with Crippen LogP contribution in [0.1, 0.15) is 25.7 Å². The molecule has 1 saturated heterocycles. The Morgan fingerprint density at radius 3 is 2.28 bits per heavy atom. The Morgan fingerprint density at radius 1 is 1.24 bits per heavy atom. The van der Waals surface area contributed by atoms with Crippen LogP contribution in [-0.2, 0) is 10.0 Å². The molecule has 25 heavy (non-hydrogen) atoms. The first-order chi connectivity index (χ1) is 11.2. The first kappa shape index (κ1) is 22.5. The lowest BCUT2D eigenvalue weighted by Gasteiger charge is -2.32. The van der Waals surface area contributed by atoms with E-state index in [9.17, 15) is 21.6 Å². The monoisotopic (exact) mass is 496 g/mol. The number of aliphatic imine (C=N–C) groups is 1. The lowest BCUT2D eigenvalue weighted by molar-refractivity contribution is -0.0496. The Bertz CT molecular complexity index is 579. The molecule has 2 aliphatic rings. The largest absolute Gasteiger partial charge is 0.511 e. The van der Waals surface area contributed by atoms with Crippen molar-refractivity contribution in [2.24, 2.45) is 10.9 Å². The van der Waals surface area contributed by atoms with Crippen LogP contribution in [0.5, 0.6) is 0 Å². The number of guanidine groups is 1. The number of hydrogen-bond donors (Lipinski definition) is 2. The Hall–Kier alpha value is -0.560. The zero-order chi connectivity index (χ0) is 17.8. The number of piperidine rings is 1. The third-order valence-electron chi connectivity index (χ3n) is 4.34. The van der Waals surface area contributed by atoms with Crippen LogP contribution in [0.25, 0.3) is 0 Å². The summed E-state index contributed by atoms with van der Waals surface area (Å²) in [5.41, 5.74) is -5.22. The van der Waals surface area contributed by atoms with Gasteiger partial charge in [-0.1, -0.05) is 12.2 Å². The Balaban J connectivity index is 0.00000312. The molecule has 0 radical (unpaired) electrons. The fourth-order valence-corrected chi connectivity index (χ4v) is 3.85. The number of nitrogens with one attached hydrogen (secondary N) is 2. The fourth-order valence-electron chi connectivity index (χ4n) is 2.86. The van der Waals surface area contributed by atoms with Gasteiger partial charge in [-0.05, 0) is 31.6 Å². The van der Waals surface area contributed by atoms with Gasteiger partial charge in [0.15, 0.2) is 5.96 Å². The second kappa shape index (κ2) is 9.40. The summed E-state index contributed by atoms with van der Waals surface area (Å²) < 4.78 is 60.9. The van der Waals surface area contributed by atoms with Crippen LogP contribution in [0, 0.1) is 5.92 Å². The standard InChI is InChI=1S/C14H23F3N4O2S.HI/c1-18-13(20-12-4-2-3-5-12)19-10-11-6-8-21(9-7-11)24(22,23)14(15,16)17;/h2-3,11-12H,4-10H2,1H3,(H2,18,19,20);1H. The highest BCUT2D eigenvalue weighted by molar-refractivity contribution is 14.0. The number of sulfonamides is 1. The highest BCUT2D eigenvalue weighted by Crippen LogP contribution is 2.30. The van der Waals surface area contributed by atoms with E-state index < -0.39 is 15.5 Å². The SMILES string of the molecule is CN=C(NCC1CCN(S(=O)(=O)C(F)(F)F)CC1)NC1CC=CC1.I. The van der Waals surface area contributed by atoms with Gasteiger partial charge in [0.05, 0.1) is 0 Å². The summed E-state index contributed by atoms with van der Waals surface area (Å²) in [4.78, 5) is 4.13. The first-order valence-corrected chi connectivity index (χ1v) is 9.36. The molecule has 1 aliphatic carbocycles. The molecule has 1 heterocycles. The smallest absolute Gasteiger partial charge is 0.356 e. The molecule has 1 aliphatic heterocycles. The van der Waals surface area contributed by atoms with Crippen LogP contribution >= 0.6 is 24.0 Å². The number of rotatable bonds is 4. The predicted octanol–water partition coefficient (Wildman–Crippen LogP) is 2.05. The molecular formula is C14H24F3IN4O2S. The molecule has 6 nitrogen and oxygen atoms in total. The zero-order valence-corrected chi connectivity index (χ0v) is 17.1. The van der Waals surface area contributed by atoms with Gasteiger partial charge in [-0.25, -0.2) is 8.42 Å². The molecule has 0 aromatic heterocycles. The van der Waals surface area contributed by atoms with Gasteiger partial charge in [0.1, 0.15) is 0 Å². The number of nitrogens with zero attached hydrogens (tertiary/aromatic N) is 2. The van der Waals surface area contributed by atoms with Crippen molar-refractivity contribution in [1.29, 1.82) is 0 Å². The Labute approximate surface area is 163 Å². The van der Waals surface area contributed by atoms with Crippen LogP contribution in [0.4, 0.5) is 13.2 Å². The average molecular weight is 496 g/mol. The predicted molar refractivity (Wildman–Crippen MR) is 101 cm³/mol. The molecule has 11 heteroatoms. The summed E-state index contributed by atoms with van der Waals surface area (Å²) in [7, 11) is -3.54. The van der Waals surface area contributed by atoms with Crippen LogP contribution in [0.2, 0.25) is 0 Å². The van der Waals surface area contributed by atoms with Crippen molar-refractivity contribution in [3.05, 3.63) is 12.2 Å². The second-order valence-electron chi connectivity index (χ2n) is 6.03. The van der Waals surface area contributed by atoms with Crippen molar-refractivity contribution in [2.45, 2.75) is 37.2 Å². The van der Waals surface area contributed by atoms with Crippen LogP contribution in [0.3, 0.4) is 0 Å². The maximum atomic E-state index is 12.5. The van der Waals surface area contributed by atoms with Crippen molar-refractivity contribution in [3.63, 3.8) is 0 Å². The van der Waals surface area contributed by atoms with Gasteiger partial charge in [0, 0.05) is 32.7 Å². The highest BCUT2D eigenvalue weighted by Gasteiger charge is 2.50. The summed E-state index contributed by atoms with van der Waals surface area (Å²) in [5.74, 6) is 0.777. The zero-order valence-electron chi connectivity index (χ0n) is 13.9. The number of hydrogen-bond acceptors (Lipinski definition) is 3. The van der Waals surface area contributed by atoms with Gasteiger partial charge in [-0.3, -0.25) is 4.99 Å². The van der Waals surface area contributed by atoms with Crippen molar-refractivity contribution in [3.8, 4) is 0 Å². The molecule has 0 bridgehead atoms. The van der Waals surface area contributed by atoms with Gasteiger partial charge >= 0.3 is 15.5 Å². The highest BCUT2D eigenvalue weighted by atomic mass is 127. The van der Waals surface area contributed by atoms with Gasteiger partial charge in [-0.2, -0.15) is 17.5 Å². The van der Waals surface area contributed by atoms with E-state index in [1.54, 1.807) is 7.05 Å². The molecule has 146 valence electrons.